The molecule has 0 bridgehead atoms. The normalized spacial score (nSPS) is 31.4. The largest absolute Gasteiger partial charge is 0.381 e. The standard InChI is InChI=1S/C11H22N2O2/c1-11(2-5-14-6-3-11)13-9-10-8-12-4-7-15-10/h10,12-13H,2-9H2,1H3. The number of morpholine rings is 1. The van der Waals surface area contributed by atoms with Gasteiger partial charge in [0.2, 0.25) is 0 Å². The summed E-state index contributed by atoms with van der Waals surface area (Å²) in [6, 6.07) is 0. The van der Waals surface area contributed by atoms with Gasteiger partial charge in [-0.15, -0.1) is 0 Å². The lowest BCUT2D eigenvalue weighted by atomic mass is 9.92. The highest BCUT2D eigenvalue weighted by atomic mass is 16.5. The van der Waals surface area contributed by atoms with Gasteiger partial charge in [0.15, 0.2) is 0 Å². The van der Waals surface area contributed by atoms with Gasteiger partial charge in [0.25, 0.3) is 0 Å². The fourth-order valence-electron chi connectivity index (χ4n) is 2.11. The molecular formula is C11H22N2O2. The molecule has 88 valence electrons. The first kappa shape index (κ1) is 11.3. The number of nitrogens with one attached hydrogen (secondary N) is 2. The Hall–Kier alpha value is -0.160. The van der Waals surface area contributed by atoms with E-state index in [1.165, 1.54) is 0 Å². The van der Waals surface area contributed by atoms with Crippen LogP contribution < -0.4 is 10.6 Å². The summed E-state index contributed by atoms with van der Waals surface area (Å²) >= 11 is 0. The van der Waals surface area contributed by atoms with Crippen molar-refractivity contribution in [3.63, 3.8) is 0 Å². The zero-order valence-corrected chi connectivity index (χ0v) is 9.55. The van der Waals surface area contributed by atoms with Crippen LogP contribution in [0.15, 0.2) is 0 Å². The van der Waals surface area contributed by atoms with E-state index in [0.717, 1.165) is 52.3 Å². The summed E-state index contributed by atoms with van der Waals surface area (Å²) in [7, 11) is 0. The maximum absolute atomic E-state index is 5.66. The Morgan fingerprint density at radius 3 is 2.80 bits per heavy atom. The van der Waals surface area contributed by atoms with Crippen molar-refractivity contribution < 1.29 is 9.47 Å². The van der Waals surface area contributed by atoms with Crippen molar-refractivity contribution in [3.8, 4) is 0 Å². The highest BCUT2D eigenvalue weighted by Crippen LogP contribution is 2.19. The monoisotopic (exact) mass is 214 g/mol. The summed E-state index contributed by atoms with van der Waals surface area (Å²) in [5, 5.41) is 6.97. The van der Waals surface area contributed by atoms with Crippen LogP contribution in [-0.4, -0.2) is 51.1 Å². The fourth-order valence-corrected chi connectivity index (χ4v) is 2.11. The minimum Gasteiger partial charge on any atom is -0.381 e. The molecule has 0 amide bonds. The Kier molecular flexibility index (Phi) is 3.97. The van der Waals surface area contributed by atoms with Crippen molar-refractivity contribution in [2.75, 3.05) is 39.5 Å². The second-order valence-electron chi connectivity index (χ2n) is 4.75. The van der Waals surface area contributed by atoms with Crippen LogP contribution in [-0.2, 0) is 9.47 Å². The lowest BCUT2D eigenvalue weighted by Gasteiger charge is -2.36. The highest BCUT2D eigenvalue weighted by molar-refractivity contribution is 4.86. The average Bonchev–Trinajstić information content (AvgIpc) is 2.29. The van der Waals surface area contributed by atoms with Gasteiger partial charge in [-0.1, -0.05) is 0 Å². The molecular weight excluding hydrogens is 192 g/mol. The smallest absolute Gasteiger partial charge is 0.0824 e. The predicted octanol–water partition coefficient (Wildman–Crippen LogP) is 0.134. The molecule has 2 rings (SSSR count). The van der Waals surface area contributed by atoms with Crippen LogP contribution in [0.5, 0.6) is 0 Å². The molecule has 2 fully saturated rings. The summed E-state index contributed by atoms with van der Waals surface area (Å²) in [6.07, 6.45) is 2.54. The van der Waals surface area contributed by atoms with Crippen LogP contribution in [0.4, 0.5) is 0 Å². The van der Waals surface area contributed by atoms with Gasteiger partial charge in [-0.3, -0.25) is 0 Å². The molecule has 0 aromatic rings. The molecule has 0 aliphatic carbocycles. The van der Waals surface area contributed by atoms with Crippen LogP contribution in [0.1, 0.15) is 19.8 Å². The molecule has 2 N–H and O–H groups in total. The van der Waals surface area contributed by atoms with E-state index >= 15 is 0 Å². The third-order valence-electron chi connectivity index (χ3n) is 3.36. The van der Waals surface area contributed by atoms with Crippen LogP contribution in [0.25, 0.3) is 0 Å². The highest BCUT2D eigenvalue weighted by Gasteiger charge is 2.27. The predicted molar refractivity (Wildman–Crippen MR) is 59.1 cm³/mol. The third-order valence-corrected chi connectivity index (χ3v) is 3.36. The second-order valence-corrected chi connectivity index (χ2v) is 4.75. The molecule has 4 heteroatoms. The van der Waals surface area contributed by atoms with Gasteiger partial charge < -0.3 is 20.1 Å². The van der Waals surface area contributed by atoms with E-state index in [1.807, 2.05) is 0 Å². The van der Waals surface area contributed by atoms with Crippen LogP contribution in [0.2, 0.25) is 0 Å². The maximum Gasteiger partial charge on any atom is 0.0824 e. The number of hydrogen-bond donors (Lipinski definition) is 2. The first-order chi connectivity index (χ1) is 7.29. The molecule has 1 atom stereocenters. The van der Waals surface area contributed by atoms with E-state index in [0.29, 0.717) is 6.10 Å². The molecule has 0 saturated carbocycles. The second kappa shape index (κ2) is 5.25. The minimum absolute atomic E-state index is 0.249. The fraction of sp³-hybridized carbons (Fsp3) is 1.00. The first-order valence-corrected chi connectivity index (χ1v) is 5.94. The first-order valence-electron chi connectivity index (χ1n) is 5.94. The zero-order chi connectivity index (χ0) is 10.6. The van der Waals surface area contributed by atoms with Gasteiger partial charge in [0.1, 0.15) is 0 Å². The van der Waals surface area contributed by atoms with E-state index < -0.39 is 0 Å². The van der Waals surface area contributed by atoms with E-state index in [-0.39, 0.29) is 5.54 Å². The Morgan fingerprint density at radius 1 is 1.33 bits per heavy atom. The SMILES string of the molecule is CC1(NCC2CNCCO2)CCOCC1. The van der Waals surface area contributed by atoms with Gasteiger partial charge in [-0.05, 0) is 19.8 Å². The van der Waals surface area contributed by atoms with E-state index in [1.54, 1.807) is 0 Å². The quantitative estimate of drug-likeness (QED) is 0.701. The van der Waals surface area contributed by atoms with Crippen LogP contribution in [0.3, 0.4) is 0 Å². The molecule has 0 aromatic heterocycles. The van der Waals surface area contributed by atoms with Crippen LogP contribution >= 0.6 is 0 Å². The van der Waals surface area contributed by atoms with Crippen molar-refractivity contribution in [3.05, 3.63) is 0 Å². The molecule has 15 heavy (non-hydrogen) atoms. The van der Waals surface area contributed by atoms with Crippen molar-refractivity contribution in [1.29, 1.82) is 0 Å². The summed E-state index contributed by atoms with van der Waals surface area (Å²) in [4.78, 5) is 0. The summed E-state index contributed by atoms with van der Waals surface area (Å²) in [5.41, 5.74) is 0.249. The molecule has 4 nitrogen and oxygen atoms in total. The van der Waals surface area contributed by atoms with Crippen molar-refractivity contribution in [1.82, 2.24) is 10.6 Å². The van der Waals surface area contributed by atoms with Crippen LogP contribution in [0, 0.1) is 0 Å². The molecule has 0 spiro atoms. The topological polar surface area (TPSA) is 42.5 Å². The molecule has 2 aliphatic rings. The molecule has 2 heterocycles. The number of ether oxygens (including phenoxy) is 2. The molecule has 2 aliphatic heterocycles. The summed E-state index contributed by atoms with van der Waals surface area (Å²) in [6.45, 7) is 7.79. The van der Waals surface area contributed by atoms with Gasteiger partial charge in [0.05, 0.1) is 12.7 Å². The third kappa shape index (κ3) is 3.41. The molecule has 0 radical (unpaired) electrons. The van der Waals surface area contributed by atoms with Crippen molar-refractivity contribution in [2.24, 2.45) is 0 Å². The van der Waals surface area contributed by atoms with Gasteiger partial charge in [0, 0.05) is 38.4 Å². The van der Waals surface area contributed by atoms with Crippen molar-refractivity contribution in [2.45, 2.75) is 31.4 Å². The molecule has 0 aromatic carbocycles. The van der Waals surface area contributed by atoms with E-state index in [2.05, 4.69) is 17.6 Å². The average molecular weight is 214 g/mol. The lowest BCUT2D eigenvalue weighted by Crippen LogP contribution is -2.52. The Labute approximate surface area is 91.7 Å². The van der Waals surface area contributed by atoms with Gasteiger partial charge in [-0.25, -0.2) is 0 Å². The van der Waals surface area contributed by atoms with Crippen molar-refractivity contribution >= 4 is 0 Å². The Morgan fingerprint density at radius 2 is 2.13 bits per heavy atom. The van der Waals surface area contributed by atoms with Gasteiger partial charge >= 0.3 is 0 Å². The number of hydrogen-bond acceptors (Lipinski definition) is 4. The Bertz CT molecular complexity index is 187. The summed E-state index contributed by atoms with van der Waals surface area (Å²) < 4.78 is 11.0. The minimum atomic E-state index is 0.249. The Balaban J connectivity index is 1.70. The van der Waals surface area contributed by atoms with E-state index in [9.17, 15) is 0 Å². The summed E-state index contributed by atoms with van der Waals surface area (Å²) in [5.74, 6) is 0. The van der Waals surface area contributed by atoms with E-state index in [4.69, 9.17) is 9.47 Å². The zero-order valence-electron chi connectivity index (χ0n) is 9.55. The molecule has 2 saturated heterocycles. The molecule has 1 unspecified atom stereocenters. The lowest BCUT2D eigenvalue weighted by molar-refractivity contribution is 0.00887. The maximum atomic E-state index is 5.66. The number of rotatable bonds is 3. The van der Waals surface area contributed by atoms with Gasteiger partial charge in [-0.2, -0.15) is 0 Å².